The van der Waals surface area contributed by atoms with Crippen molar-refractivity contribution in [3.05, 3.63) is 35.9 Å². The highest BCUT2D eigenvalue weighted by atomic mass is 16.6. The molecule has 0 aliphatic carbocycles. The Kier molecular flexibility index (Phi) is 25.0. The van der Waals surface area contributed by atoms with E-state index in [9.17, 15) is 28.8 Å². The lowest BCUT2D eigenvalue weighted by Crippen LogP contribution is -2.56. The van der Waals surface area contributed by atoms with Gasteiger partial charge in [-0.05, 0) is 63.9 Å². The predicted octanol–water partition coefficient (Wildman–Crippen LogP) is 6.98. The molecular weight excluding hydrogens is 730 g/mol. The van der Waals surface area contributed by atoms with Gasteiger partial charge in [-0.15, -0.1) is 0 Å². The third kappa shape index (κ3) is 27.0. The first-order valence-corrected chi connectivity index (χ1v) is 20.8. The van der Waals surface area contributed by atoms with E-state index in [0.717, 1.165) is 31.2 Å². The molecule has 14 heteroatoms. The smallest absolute Gasteiger partial charge is 0.408 e. The molecule has 0 radical (unpaired) electrons. The van der Waals surface area contributed by atoms with Crippen LogP contribution in [0.5, 0.6) is 0 Å². The summed E-state index contributed by atoms with van der Waals surface area (Å²) in [5, 5.41) is 13.6. The van der Waals surface area contributed by atoms with Crippen LogP contribution in [0.2, 0.25) is 0 Å². The van der Waals surface area contributed by atoms with Gasteiger partial charge in [-0.3, -0.25) is 19.2 Å². The third-order valence-corrected chi connectivity index (χ3v) is 8.94. The van der Waals surface area contributed by atoms with Crippen LogP contribution in [0.25, 0.3) is 0 Å². The van der Waals surface area contributed by atoms with Gasteiger partial charge in [0.2, 0.25) is 17.7 Å². The highest BCUT2D eigenvalue weighted by Gasteiger charge is 2.31. The van der Waals surface area contributed by atoms with Crippen molar-refractivity contribution >= 4 is 35.9 Å². The molecule has 0 aliphatic rings. The van der Waals surface area contributed by atoms with Gasteiger partial charge < -0.3 is 40.8 Å². The maximum atomic E-state index is 13.9. The number of amides is 5. The van der Waals surface area contributed by atoms with E-state index in [-0.39, 0.29) is 37.8 Å². The van der Waals surface area contributed by atoms with E-state index in [2.05, 4.69) is 33.5 Å². The molecule has 0 bridgehead atoms. The zero-order valence-corrected chi connectivity index (χ0v) is 36.0. The van der Waals surface area contributed by atoms with Gasteiger partial charge in [0, 0.05) is 12.6 Å². The van der Waals surface area contributed by atoms with Crippen molar-refractivity contribution in [2.75, 3.05) is 20.2 Å². The number of nitrogens with one attached hydrogen (secondary N) is 5. The van der Waals surface area contributed by atoms with E-state index in [4.69, 9.17) is 14.2 Å². The Hall–Kier alpha value is -4.36. The monoisotopic (exact) mass is 804 g/mol. The summed E-state index contributed by atoms with van der Waals surface area (Å²) in [6, 6.07) is 6.78. The number of alkyl carbamates (subject to hydrolysis) is 2. The van der Waals surface area contributed by atoms with Gasteiger partial charge in [0.15, 0.2) is 0 Å². The number of ether oxygens (including phenoxy) is 3. The van der Waals surface area contributed by atoms with Crippen LogP contribution in [-0.4, -0.2) is 79.8 Å². The Morgan fingerprint density at radius 3 is 1.86 bits per heavy atom. The third-order valence-electron chi connectivity index (χ3n) is 8.94. The summed E-state index contributed by atoms with van der Waals surface area (Å²) < 4.78 is 15.4. The van der Waals surface area contributed by atoms with Crippen LogP contribution in [0, 0.1) is 5.41 Å². The van der Waals surface area contributed by atoms with Crippen molar-refractivity contribution in [1.82, 2.24) is 26.6 Å². The summed E-state index contributed by atoms with van der Waals surface area (Å²) in [7, 11) is 1.31. The lowest BCUT2D eigenvalue weighted by molar-refractivity contribution is -0.141. The minimum atomic E-state index is -1.06. The van der Waals surface area contributed by atoms with Crippen molar-refractivity contribution in [3.8, 4) is 0 Å². The van der Waals surface area contributed by atoms with Gasteiger partial charge >= 0.3 is 18.2 Å². The van der Waals surface area contributed by atoms with Crippen molar-refractivity contribution in [3.63, 3.8) is 0 Å². The fourth-order valence-corrected chi connectivity index (χ4v) is 6.03. The molecule has 5 N–H and O–H groups in total. The molecule has 0 aliphatic heterocycles. The van der Waals surface area contributed by atoms with Crippen molar-refractivity contribution < 1.29 is 43.0 Å². The first-order valence-electron chi connectivity index (χ1n) is 20.8. The number of benzene rings is 1. The SMILES string of the molecule is CCCCCCCCCCC[C@H](CC(=O)OC)NC(=O)[C@H](CC(C)(C)C)NC(=O)[C@H](CCCCNC(=O)OCc1ccccc1)NC(=O)CNC(=O)OC(C)(C)C. The number of unbranched alkanes of at least 4 members (excludes halogenated alkanes) is 9. The van der Waals surface area contributed by atoms with E-state index in [1.165, 1.54) is 39.2 Å². The van der Waals surface area contributed by atoms with Gasteiger partial charge in [0.1, 0.15) is 30.8 Å². The van der Waals surface area contributed by atoms with E-state index in [1.54, 1.807) is 20.8 Å². The molecule has 14 nitrogen and oxygen atoms in total. The van der Waals surface area contributed by atoms with Crippen LogP contribution in [0.3, 0.4) is 0 Å². The van der Waals surface area contributed by atoms with Gasteiger partial charge in [-0.2, -0.15) is 0 Å². The van der Waals surface area contributed by atoms with Gasteiger partial charge in [-0.1, -0.05) is 116 Å². The van der Waals surface area contributed by atoms with Crippen LogP contribution in [0.1, 0.15) is 150 Å². The van der Waals surface area contributed by atoms with Crippen LogP contribution in [0.15, 0.2) is 30.3 Å². The van der Waals surface area contributed by atoms with E-state index < -0.39 is 66.1 Å². The Morgan fingerprint density at radius 1 is 0.667 bits per heavy atom. The molecule has 324 valence electrons. The fraction of sp³-hybridized carbons (Fsp3) is 0.721. The maximum absolute atomic E-state index is 13.9. The van der Waals surface area contributed by atoms with Crippen LogP contribution in [0.4, 0.5) is 9.59 Å². The highest BCUT2D eigenvalue weighted by molar-refractivity contribution is 5.93. The second kappa shape index (κ2) is 28.1. The molecule has 0 aromatic heterocycles. The number of methoxy groups -OCH3 is 1. The van der Waals surface area contributed by atoms with Crippen LogP contribution >= 0.6 is 0 Å². The van der Waals surface area contributed by atoms with Crippen molar-refractivity contribution in [2.24, 2.45) is 5.41 Å². The van der Waals surface area contributed by atoms with Crippen LogP contribution < -0.4 is 26.6 Å². The standard InChI is InChI=1S/C43H73N5O9/c1-9-10-11-12-13-14-15-16-20-25-33(28-37(50)55-8)46-39(52)35(29-42(2,3)4)48-38(51)34(47-36(49)30-45-41(54)57-43(5,6)7)26-21-22-27-44-40(53)56-31-32-23-18-17-19-24-32/h17-19,23-24,33-35H,9-16,20-22,25-31H2,1-8H3,(H,44,53)(H,45,54)(H,46,52)(H,47,49)(H,48,51)/t33-,34+,35+/m1/s1. The number of rotatable bonds is 27. The molecule has 5 amide bonds. The second-order valence-electron chi connectivity index (χ2n) is 16.9. The summed E-state index contributed by atoms with van der Waals surface area (Å²) >= 11 is 0. The van der Waals surface area contributed by atoms with Gasteiger partial charge in [-0.25, -0.2) is 9.59 Å². The predicted molar refractivity (Wildman–Crippen MR) is 221 cm³/mol. The Labute approximate surface area is 341 Å². The van der Waals surface area contributed by atoms with Crippen molar-refractivity contribution in [1.29, 1.82) is 0 Å². The first kappa shape index (κ1) is 50.7. The van der Waals surface area contributed by atoms with E-state index in [0.29, 0.717) is 19.3 Å². The minimum absolute atomic E-state index is 0.00655. The summed E-state index contributed by atoms with van der Waals surface area (Å²) in [4.78, 5) is 77.4. The molecule has 0 fully saturated rings. The average molecular weight is 804 g/mol. The summed E-state index contributed by atoms with van der Waals surface area (Å²) in [6.07, 6.45) is 10.8. The second-order valence-corrected chi connectivity index (χ2v) is 16.9. The quantitative estimate of drug-likeness (QED) is 0.0355. The highest BCUT2D eigenvalue weighted by Crippen LogP contribution is 2.22. The topological polar surface area (TPSA) is 190 Å². The number of hydrogen-bond donors (Lipinski definition) is 5. The van der Waals surface area contributed by atoms with E-state index in [1.807, 2.05) is 51.1 Å². The number of carbonyl (C=O) groups is 6. The molecule has 57 heavy (non-hydrogen) atoms. The molecule has 0 heterocycles. The molecule has 0 saturated heterocycles. The maximum Gasteiger partial charge on any atom is 0.408 e. The first-order chi connectivity index (χ1) is 26.9. The van der Waals surface area contributed by atoms with E-state index >= 15 is 0 Å². The molecule has 0 saturated carbocycles. The summed E-state index contributed by atoms with van der Waals surface area (Å²) in [5.74, 6) is -2.07. The zero-order valence-electron chi connectivity index (χ0n) is 36.0. The lowest BCUT2D eigenvalue weighted by atomic mass is 9.87. The summed E-state index contributed by atoms with van der Waals surface area (Å²) in [6.45, 7) is 13.1. The van der Waals surface area contributed by atoms with Crippen molar-refractivity contribution in [2.45, 2.75) is 175 Å². The van der Waals surface area contributed by atoms with Crippen LogP contribution in [-0.2, 0) is 40.0 Å². The molecule has 0 unspecified atom stereocenters. The normalized spacial score (nSPS) is 13.0. The number of hydrogen-bond acceptors (Lipinski definition) is 9. The van der Waals surface area contributed by atoms with Gasteiger partial charge in [0.05, 0.1) is 13.5 Å². The number of carbonyl (C=O) groups excluding carboxylic acids is 6. The Bertz CT molecular complexity index is 1340. The van der Waals surface area contributed by atoms with Gasteiger partial charge in [0.25, 0.3) is 0 Å². The Morgan fingerprint density at radius 2 is 1.26 bits per heavy atom. The molecule has 1 aromatic rings. The molecule has 3 atom stereocenters. The zero-order chi connectivity index (χ0) is 42.7. The number of esters is 1. The lowest BCUT2D eigenvalue weighted by Gasteiger charge is -2.29. The Balaban J connectivity index is 2.97. The molecule has 0 spiro atoms. The molecule has 1 rings (SSSR count). The molecular formula is C43H73N5O9. The summed E-state index contributed by atoms with van der Waals surface area (Å²) in [5.41, 5.74) is -0.285. The average Bonchev–Trinajstić information content (AvgIpc) is 3.13. The largest absolute Gasteiger partial charge is 0.469 e. The fourth-order valence-electron chi connectivity index (χ4n) is 6.03. The molecule has 1 aromatic carbocycles. The minimum Gasteiger partial charge on any atom is -0.469 e.